The number of hydrogen-bond donors (Lipinski definition) is 4. The van der Waals surface area contributed by atoms with Crippen LogP contribution in [0, 0.1) is 0 Å². The Labute approximate surface area is 406 Å². The normalized spacial score (nSPS) is 20.2. The van der Waals surface area contributed by atoms with E-state index in [-0.39, 0.29) is 19.6 Å². The third-order valence-corrected chi connectivity index (χ3v) is 11.4. The van der Waals surface area contributed by atoms with Gasteiger partial charge in [0.1, 0.15) is 30.5 Å². The van der Waals surface area contributed by atoms with Crippen molar-refractivity contribution >= 4 is 16.4 Å². The Hall–Kier alpha value is -2.98. The molecule has 0 aliphatic carbocycles. The number of carbonyl (C=O) groups excluding carboxylic acids is 1. The number of aliphatic hydroxyl groups excluding tert-OH is 3. The summed E-state index contributed by atoms with van der Waals surface area (Å²) in [6.07, 6.45) is 51.5. The molecular weight excluding hydrogens is 873 g/mol. The number of esters is 1. The Bertz CT molecular complexity index is 1530. The molecule has 384 valence electrons. The van der Waals surface area contributed by atoms with E-state index in [1.165, 1.54) is 51.4 Å². The summed E-state index contributed by atoms with van der Waals surface area (Å²) in [4.78, 5) is 12.9. The smallest absolute Gasteiger partial charge is 0.397 e. The van der Waals surface area contributed by atoms with Crippen molar-refractivity contribution in [2.45, 2.75) is 211 Å². The van der Waals surface area contributed by atoms with Gasteiger partial charge in [-0.05, 0) is 96.3 Å². The molecule has 13 heteroatoms. The summed E-state index contributed by atoms with van der Waals surface area (Å²) in [5.41, 5.74) is 0. The van der Waals surface area contributed by atoms with Crippen LogP contribution in [-0.2, 0) is 38.3 Å². The van der Waals surface area contributed by atoms with Crippen molar-refractivity contribution in [3.8, 4) is 0 Å². The van der Waals surface area contributed by atoms with Gasteiger partial charge in [0.15, 0.2) is 6.29 Å². The van der Waals surface area contributed by atoms with Crippen molar-refractivity contribution < 1.29 is 56.2 Å². The average molecular weight is 963 g/mol. The van der Waals surface area contributed by atoms with Gasteiger partial charge in [-0.1, -0.05) is 169 Å². The van der Waals surface area contributed by atoms with Crippen LogP contribution < -0.4 is 0 Å². The first-order valence-corrected chi connectivity index (χ1v) is 26.9. The summed E-state index contributed by atoms with van der Waals surface area (Å²) in [6.45, 7) is 3.80. The lowest BCUT2D eigenvalue weighted by molar-refractivity contribution is -0.301. The quantitative estimate of drug-likeness (QED) is 0.0197. The van der Waals surface area contributed by atoms with Gasteiger partial charge >= 0.3 is 16.4 Å². The summed E-state index contributed by atoms with van der Waals surface area (Å²) in [7, 11) is -5.08. The fourth-order valence-corrected chi connectivity index (χ4v) is 7.63. The van der Waals surface area contributed by atoms with Crippen molar-refractivity contribution in [1.29, 1.82) is 0 Å². The zero-order valence-electron chi connectivity index (χ0n) is 41.2. The van der Waals surface area contributed by atoms with Crippen LogP contribution >= 0.6 is 0 Å². The molecule has 1 saturated heterocycles. The molecule has 6 atom stereocenters. The molecule has 1 aliphatic heterocycles. The highest BCUT2D eigenvalue weighted by Gasteiger charge is 2.48. The Morgan fingerprint density at radius 1 is 0.582 bits per heavy atom. The van der Waals surface area contributed by atoms with E-state index in [2.05, 4.69) is 115 Å². The summed E-state index contributed by atoms with van der Waals surface area (Å²) in [5.74, 6) is -0.437. The molecule has 0 saturated carbocycles. The van der Waals surface area contributed by atoms with Crippen LogP contribution in [0.3, 0.4) is 0 Å². The maximum absolute atomic E-state index is 12.9. The van der Waals surface area contributed by atoms with Gasteiger partial charge in [-0.2, -0.15) is 8.42 Å². The third kappa shape index (κ3) is 37.6. The highest BCUT2D eigenvalue weighted by molar-refractivity contribution is 7.80. The van der Waals surface area contributed by atoms with E-state index in [1.54, 1.807) is 0 Å². The van der Waals surface area contributed by atoms with E-state index in [0.29, 0.717) is 13.0 Å². The number of hydrogen-bond acceptors (Lipinski definition) is 11. The molecule has 1 aliphatic rings. The molecule has 0 radical (unpaired) electrons. The average Bonchev–Trinajstić information content (AvgIpc) is 3.30. The van der Waals surface area contributed by atoms with E-state index in [9.17, 15) is 33.1 Å². The van der Waals surface area contributed by atoms with E-state index in [0.717, 1.165) is 96.3 Å². The fraction of sp³-hybridized carbons (Fsp3) is 0.685. The number of allylic oxidation sites excluding steroid dienone is 16. The largest absolute Gasteiger partial charge is 0.457 e. The highest BCUT2D eigenvalue weighted by atomic mass is 32.3. The van der Waals surface area contributed by atoms with Crippen LogP contribution in [0.2, 0.25) is 0 Å². The number of unbranched alkanes of at least 4 members (excludes halogenated alkanes) is 14. The second kappa shape index (κ2) is 44.2. The maximum Gasteiger partial charge on any atom is 0.397 e. The van der Waals surface area contributed by atoms with Gasteiger partial charge in [0.25, 0.3) is 0 Å². The van der Waals surface area contributed by atoms with Crippen LogP contribution in [0.15, 0.2) is 97.2 Å². The second-order valence-electron chi connectivity index (χ2n) is 17.0. The summed E-state index contributed by atoms with van der Waals surface area (Å²) < 4.78 is 59.2. The lowest BCUT2D eigenvalue weighted by atomic mass is 9.99. The van der Waals surface area contributed by atoms with Gasteiger partial charge in [0, 0.05) is 13.0 Å². The van der Waals surface area contributed by atoms with Crippen LogP contribution in [0.4, 0.5) is 0 Å². The minimum Gasteiger partial charge on any atom is -0.457 e. The Morgan fingerprint density at radius 2 is 1.03 bits per heavy atom. The van der Waals surface area contributed by atoms with E-state index in [4.69, 9.17) is 18.9 Å². The zero-order chi connectivity index (χ0) is 48.9. The van der Waals surface area contributed by atoms with Gasteiger partial charge in [-0.15, -0.1) is 0 Å². The van der Waals surface area contributed by atoms with Crippen LogP contribution in [0.1, 0.15) is 174 Å². The Kier molecular flexibility index (Phi) is 41.0. The van der Waals surface area contributed by atoms with E-state index >= 15 is 0 Å². The summed E-state index contributed by atoms with van der Waals surface area (Å²) >= 11 is 0. The van der Waals surface area contributed by atoms with Gasteiger partial charge < -0.3 is 34.3 Å². The highest BCUT2D eigenvalue weighted by Crippen LogP contribution is 2.26. The molecule has 1 rings (SSSR count). The van der Waals surface area contributed by atoms with E-state index < -0.39 is 59.8 Å². The van der Waals surface area contributed by atoms with Crippen molar-refractivity contribution in [2.24, 2.45) is 0 Å². The first-order valence-electron chi connectivity index (χ1n) is 25.5. The predicted octanol–water partition coefficient (Wildman–Crippen LogP) is 11.8. The molecule has 1 heterocycles. The van der Waals surface area contributed by atoms with Crippen LogP contribution in [0.25, 0.3) is 0 Å². The molecule has 0 aromatic rings. The van der Waals surface area contributed by atoms with Crippen LogP contribution in [0.5, 0.6) is 0 Å². The molecule has 4 N–H and O–H groups in total. The van der Waals surface area contributed by atoms with Crippen molar-refractivity contribution in [3.05, 3.63) is 97.2 Å². The summed E-state index contributed by atoms with van der Waals surface area (Å²) in [5, 5.41) is 30.7. The van der Waals surface area contributed by atoms with Crippen molar-refractivity contribution in [2.75, 3.05) is 26.4 Å². The van der Waals surface area contributed by atoms with Gasteiger partial charge in [0.05, 0.1) is 19.8 Å². The number of rotatable bonds is 43. The topological polar surface area (TPSA) is 178 Å². The molecule has 12 nitrogen and oxygen atoms in total. The first-order chi connectivity index (χ1) is 32.6. The number of ether oxygens (including phenoxy) is 4. The van der Waals surface area contributed by atoms with Gasteiger partial charge in [0.2, 0.25) is 0 Å². The maximum atomic E-state index is 12.9. The monoisotopic (exact) mass is 963 g/mol. The lowest BCUT2D eigenvalue weighted by Gasteiger charge is -2.41. The SMILES string of the molecule is CC/C=C\C/C=C\C/C=C\C/C=C\C/C=C\C/C=C\C/C=C\CCCCCC(=O)OC(COCCCCCCCC/C=C\CCCCCCC)COC1OC(CO)C(O)C(OS(=O)(=O)O)C1O. The second-order valence-corrected chi connectivity index (χ2v) is 18.1. The molecule has 0 spiro atoms. The third-order valence-electron chi connectivity index (χ3n) is 10.9. The molecule has 1 fully saturated rings. The van der Waals surface area contributed by atoms with Gasteiger partial charge in [-0.3, -0.25) is 9.35 Å². The number of carbonyl (C=O) groups is 1. The van der Waals surface area contributed by atoms with Gasteiger partial charge in [-0.25, -0.2) is 4.18 Å². The molecule has 67 heavy (non-hydrogen) atoms. The van der Waals surface area contributed by atoms with E-state index in [1.807, 2.05) is 0 Å². The molecule has 0 aromatic carbocycles. The standard InChI is InChI=1S/C54H90O12S/c1-3-5-7-9-11-13-15-17-19-20-21-22-23-24-25-26-27-28-29-31-33-35-37-39-41-43-50(56)64-48(47-63-54-52(58)53(66-67(59,60)61)51(57)49(45-55)65-54)46-62-44-42-40-38-36-34-32-30-18-16-14-12-10-8-6-4-2/h5,7,11,13,16-19,21-22,24-25,27-28,31,33,48-49,51-55,57-58H,3-4,6,8-10,12,14-15,20,23,26,29-30,32,34-47H2,1-2H3,(H,59,60,61)/b7-5-,13-11-,18-16-,19-17-,22-21-,25-24-,28-27-,33-31-. The lowest BCUT2D eigenvalue weighted by Crippen LogP contribution is -2.60. The molecule has 0 bridgehead atoms. The Balaban J connectivity index is 2.41. The molecule has 6 unspecified atom stereocenters. The minimum absolute atomic E-state index is 0.0120. The van der Waals surface area contributed by atoms with Crippen molar-refractivity contribution in [3.63, 3.8) is 0 Å². The molecule has 0 aromatic heterocycles. The molecular formula is C54H90O12S. The van der Waals surface area contributed by atoms with Crippen molar-refractivity contribution in [1.82, 2.24) is 0 Å². The molecule has 0 amide bonds. The van der Waals surface area contributed by atoms with Crippen LogP contribution in [-0.4, -0.2) is 97.5 Å². The summed E-state index contributed by atoms with van der Waals surface area (Å²) in [6, 6.07) is 0. The fourth-order valence-electron chi connectivity index (χ4n) is 7.12. The zero-order valence-corrected chi connectivity index (χ0v) is 42.0. The number of aliphatic hydroxyl groups is 3. The Morgan fingerprint density at radius 3 is 1.52 bits per heavy atom. The first kappa shape index (κ1) is 62.0. The predicted molar refractivity (Wildman–Crippen MR) is 271 cm³/mol. The minimum atomic E-state index is -5.08.